The van der Waals surface area contributed by atoms with E-state index in [1.165, 1.54) is 6.39 Å². The van der Waals surface area contributed by atoms with E-state index in [1.807, 2.05) is 43.3 Å². The standard InChI is InChI=1S/C16H12Br2N2O2/c1-10-6-13(17)15(14(18)7-10)21-8-11-2-4-12(5-3-11)16-20-19-9-22-16/h2-7,9H,8H2,1H3. The summed E-state index contributed by atoms with van der Waals surface area (Å²) < 4.78 is 12.9. The third-order valence-corrected chi connectivity index (χ3v) is 4.26. The molecule has 0 aliphatic rings. The maximum absolute atomic E-state index is 5.89. The smallest absolute Gasteiger partial charge is 0.247 e. The number of benzene rings is 2. The molecule has 0 amide bonds. The van der Waals surface area contributed by atoms with Gasteiger partial charge in [0.05, 0.1) is 8.95 Å². The predicted molar refractivity (Wildman–Crippen MR) is 90.6 cm³/mol. The van der Waals surface area contributed by atoms with Gasteiger partial charge in [-0.1, -0.05) is 12.1 Å². The summed E-state index contributed by atoms with van der Waals surface area (Å²) in [6, 6.07) is 11.9. The van der Waals surface area contributed by atoms with Crippen LogP contribution in [0.2, 0.25) is 0 Å². The summed E-state index contributed by atoms with van der Waals surface area (Å²) in [6.45, 7) is 2.51. The zero-order valence-electron chi connectivity index (χ0n) is 11.7. The summed E-state index contributed by atoms with van der Waals surface area (Å²) >= 11 is 7.05. The van der Waals surface area contributed by atoms with Gasteiger partial charge in [-0.15, -0.1) is 10.2 Å². The van der Waals surface area contributed by atoms with E-state index in [0.717, 1.165) is 31.4 Å². The molecule has 1 aromatic heterocycles. The molecule has 1 heterocycles. The van der Waals surface area contributed by atoms with Crippen molar-refractivity contribution in [3.05, 3.63) is 62.9 Å². The van der Waals surface area contributed by atoms with Crippen molar-refractivity contribution < 1.29 is 9.15 Å². The number of aromatic nitrogens is 2. The Morgan fingerprint density at radius 3 is 2.36 bits per heavy atom. The van der Waals surface area contributed by atoms with E-state index in [4.69, 9.17) is 9.15 Å². The van der Waals surface area contributed by atoms with Crippen molar-refractivity contribution in [1.29, 1.82) is 0 Å². The topological polar surface area (TPSA) is 48.2 Å². The molecule has 0 spiro atoms. The third-order valence-electron chi connectivity index (χ3n) is 3.09. The van der Waals surface area contributed by atoms with Crippen molar-refractivity contribution in [2.45, 2.75) is 13.5 Å². The molecule has 0 aliphatic heterocycles. The maximum Gasteiger partial charge on any atom is 0.247 e. The Morgan fingerprint density at radius 1 is 1.09 bits per heavy atom. The molecular weight excluding hydrogens is 412 g/mol. The number of hydrogen-bond donors (Lipinski definition) is 0. The van der Waals surface area contributed by atoms with Crippen molar-refractivity contribution in [3.8, 4) is 17.2 Å². The Morgan fingerprint density at radius 2 is 1.77 bits per heavy atom. The molecule has 0 atom stereocenters. The van der Waals surface area contributed by atoms with Crippen LogP contribution in [0, 0.1) is 6.92 Å². The Labute approximate surface area is 144 Å². The Hall–Kier alpha value is -1.66. The fourth-order valence-corrected chi connectivity index (χ4v) is 3.67. The van der Waals surface area contributed by atoms with Gasteiger partial charge in [-0.3, -0.25) is 0 Å². The molecule has 0 aliphatic carbocycles. The molecule has 3 rings (SSSR count). The average Bonchev–Trinajstić information content (AvgIpc) is 3.01. The van der Waals surface area contributed by atoms with E-state index in [0.29, 0.717) is 12.5 Å². The first kappa shape index (κ1) is 15.2. The van der Waals surface area contributed by atoms with Crippen molar-refractivity contribution in [3.63, 3.8) is 0 Å². The van der Waals surface area contributed by atoms with Crippen molar-refractivity contribution in [1.82, 2.24) is 10.2 Å². The van der Waals surface area contributed by atoms with Crippen molar-refractivity contribution in [2.75, 3.05) is 0 Å². The number of aryl methyl sites for hydroxylation is 1. The van der Waals surface area contributed by atoms with Crippen LogP contribution in [0.5, 0.6) is 5.75 Å². The second-order valence-electron chi connectivity index (χ2n) is 4.79. The molecule has 4 nitrogen and oxygen atoms in total. The maximum atomic E-state index is 5.89. The highest BCUT2D eigenvalue weighted by molar-refractivity contribution is 9.11. The largest absolute Gasteiger partial charge is 0.487 e. The normalized spacial score (nSPS) is 10.7. The Kier molecular flexibility index (Phi) is 4.59. The minimum absolute atomic E-state index is 0.477. The monoisotopic (exact) mass is 422 g/mol. The van der Waals surface area contributed by atoms with Gasteiger partial charge in [0.2, 0.25) is 12.3 Å². The molecule has 0 N–H and O–H groups in total. The first-order chi connectivity index (χ1) is 10.6. The van der Waals surface area contributed by atoms with Crippen LogP contribution in [0.4, 0.5) is 0 Å². The van der Waals surface area contributed by atoms with Gasteiger partial charge in [0.1, 0.15) is 12.4 Å². The molecule has 0 saturated carbocycles. The molecule has 22 heavy (non-hydrogen) atoms. The molecule has 0 saturated heterocycles. The van der Waals surface area contributed by atoms with E-state index < -0.39 is 0 Å². The highest BCUT2D eigenvalue weighted by Crippen LogP contribution is 2.35. The van der Waals surface area contributed by atoms with Gasteiger partial charge in [0.25, 0.3) is 0 Å². The number of rotatable bonds is 4. The van der Waals surface area contributed by atoms with Crippen LogP contribution in [0.1, 0.15) is 11.1 Å². The van der Waals surface area contributed by atoms with Gasteiger partial charge in [0, 0.05) is 5.56 Å². The highest BCUT2D eigenvalue weighted by atomic mass is 79.9. The van der Waals surface area contributed by atoms with Crippen LogP contribution in [0.3, 0.4) is 0 Å². The van der Waals surface area contributed by atoms with E-state index in [1.54, 1.807) is 0 Å². The SMILES string of the molecule is Cc1cc(Br)c(OCc2ccc(-c3nnco3)cc2)c(Br)c1. The number of nitrogens with zero attached hydrogens (tertiary/aromatic N) is 2. The van der Waals surface area contributed by atoms with E-state index >= 15 is 0 Å². The third kappa shape index (κ3) is 3.39. The molecule has 2 aromatic carbocycles. The zero-order chi connectivity index (χ0) is 15.5. The summed E-state index contributed by atoms with van der Waals surface area (Å²) in [5, 5.41) is 7.55. The zero-order valence-corrected chi connectivity index (χ0v) is 14.9. The van der Waals surface area contributed by atoms with Crippen LogP contribution in [0.25, 0.3) is 11.5 Å². The lowest BCUT2D eigenvalue weighted by molar-refractivity contribution is 0.302. The molecule has 0 bridgehead atoms. The molecule has 0 fully saturated rings. The van der Waals surface area contributed by atoms with E-state index in [2.05, 4.69) is 42.1 Å². The first-order valence-corrected chi connectivity index (χ1v) is 8.16. The Balaban J connectivity index is 1.72. The van der Waals surface area contributed by atoms with Crippen molar-refractivity contribution in [2.24, 2.45) is 0 Å². The van der Waals surface area contributed by atoms with Crippen LogP contribution in [-0.2, 0) is 6.61 Å². The highest BCUT2D eigenvalue weighted by Gasteiger charge is 2.08. The summed E-state index contributed by atoms with van der Waals surface area (Å²) in [5.74, 6) is 1.31. The average molecular weight is 424 g/mol. The van der Waals surface area contributed by atoms with E-state index in [-0.39, 0.29) is 0 Å². The fourth-order valence-electron chi connectivity index (χ4n) is 2.02. The van der Waals surface area contributed by atoms with Gasteiger partial charge in [0.15, 0.2) is 0 Å². The van der Waals surface area contributed by atoms with Gasteiger partial charge in [-0.25, -0.2) is 0 Å². The lowest BCUT2D eigenvalue weighted by Gasteiger charge is -2.11. The number of hydrogen-bond acceptors (Lipinski definition) is 4. The van der Waals surface area contributed by atoms with E-state index in [9.17, 15) is 0 Å². The summed E-state index contributed by atoms with van der Waals surface area (Å²) in [6.07, 6.45) is 1.32. The molecule has 112 valence electrons. The van der Waals surface area contributed by atoms with Gasteiger partial charge in [-0.05, 0) is 74.2 Å². The van der Waals surface area contributed by atoms with Crippen LogP contribution < -0.4 is 4.74 Å². The summed E-state index contributed by atoms with van der Waals surface area (Å²) in [5.41, 5.74) is 3.11. The van der Waals surface area contributed by atoms with Gasteiger partial charge in [-0.2, -0.15) is 0 Å². The molecule has 0 radical (unpaired) electrons. The number of halogens is 2. The van der Waals surface area contributed by atoms with Crippen LogP contribution >= 0.6 is 31.9 Å². The minimum Gasteiger partial charge on any atom is -0.487 e. The van der Waals surface area contributed by atoms with Crippen LogP contribution in [0.15, 0.2) is 56.2 Å². The first-order valence-electron chi connectivity index (χ1n) is 6.57. The molecule has 0 unspecified atom stereocenters. The predicted octanol–water partition coefficient (Wildman–Crippen LogP) is 5.15. The van der Waals surface area contributed by atoms with Gasteiger partial charge < -0.3 is 9.15 Å². The minimum atomic E-state index is 0.477. The van der Waals surface area contributed by atoms with Crippen molar-refractivity contribution >= 4 is 31.9 Å². The fraction of sp³-hybridized carbons (Fsp3) is 0.125. The second kappa shape index (κ2) is 6.62. The summed E-state index contributed by atoms with van der Waals surface area (Å²) in [7, 11) is 0. The molecule has 6 heteroatoms. The lowest BCUT2D eigenvalue weighted by atomic mass is 10.1. The second-order valence-corrected chi connectivity index (χ2v) is 6.50. The quantitative estimate of drug-likeness (QED) is 0.582. The molecular formula is C16H12Br2N2O2. The number of ether oxygens (including phenoxy) is 1. The summed E-state index contributed by atoms with van der Waals surface area (Å²) in [4.78, 5) is 0. The van der Waals surface area contributed by atoms with Gasteiger partial charge >= 0.3 is 0 Å². The van der Waals surface area contributed by atoms with Crippen LogP contribution in [-0.4, -0.2) is 10.2 Å². The lowest BCUT2D eigenvalue weighted by Crippen LogP contribution is -1.97. The molecule has 3 aromatic rings. The Bertz CT molecular complexity index is 748.